The molecule has 17 rings (SSSR count). The smallest absolute Gasteiger partial charge is 0.252 e. The first kappa shape index (κ1) is 60.6. The predicted octanol–water partition coefficient (Wildman–Crippen LogP) is 15.9. The quantitative estimate of drug-likeness (QED) is 0.0892. The molecule has 0 bridgehead atoms. The maximum atomic E-state index is 2.67. The van der Waals surface area contributed by atoms with Crippen molar-refractivity contribution < 1.29 is 0 Å². The molecule has 0 radical (unpaired) electrons. The number of nitrogens with zero attached hydrogens (tertiary/aromatic N) is 3. The highest BCUT2D eigenvalue weighted by molar-refractivity contribution is 7.20. The molecule has 0 amide bonds. The van der Waals surface area contributed by atoms with Gasteiger partial charge in [0.2, 0.25) is 0 Å². The fraction of sp³-hybridized carbons (Fsp3) is 0.0870. The number of para-hydroxylation sites is 2. The normalized spacial score (nSPS) is 12.9. The number of anilines is 6. The highest BCUT2D eigenvalue weighted by Crippen LogP contribution is 2.49. The Morgan fingerprint density at radius 2 is 0.653 bits per heavy atom. The zero-order valence-corrected chi connectivity index (χ0v) is 58.4. The first-order valence-corrected chi connectivity index (χ1v) is 38.6. The minimum atomic E-state index is -3.09. The monoisotopic (exact) mass is 1290 g/mol. The van der Waals surface area contributed by atoms with E-state index < -0.39 is 16.1 Å². The summed E-state index contributed by atoms with van der Waals surface area (Å²) in [4.78, 5) is 5.26. The van der Waals surface area contributed by atoms with E-state index in [2.05, 4.69) is 408 Å². The minimum absolute atomic E-state index is 0.0600. The topological polar surface area (TPSA) is 11.4 Å². The lowest BCUT2D eigenvalue weighted by Gasteiger charge is -2.46. The van der Waals surface area contributed by atoms with Crippen molar-refractivity contribution in [1.82, 2.24) is 4.57 Å². The van der Waals surface area contributed by atoms with E-state index in [4.69, 9.17) is 0 Å². The largest absolute Gasteiger partial charge is 0.311 e. The van der Waals surface area contributed by atoms with E-state index in [9.17, 15) is 0 Å². The number of rotatable bonds is 12. The highest BCUT2D eigenvalue weighted by Gasteiger charge is 2.48. The van der Waals surface area contributed by atoms with E-state index in [1.54, 1.807) is 0 Å². The molecule has 6 heteroatoms. The van der Waals surface area contributed by atoms with Crippen molar-refractivity contribution in [1.29, 1.82) is 0 Å². The molecule has 2 aliphatic rings. The van der Waals surface area contributed by atoms with Gasteiger partial charge in [0.25, 0.3) is 6.71 Å². The SMILES string of the molecule is CC(C)(C)c1ccc2c(c1)c1cc(C(C)(C)C)ccc1n2-c1cc2c3c(c1)N(c1ccccc1)c1c(cccc1-c1ccccc1)B3c1cc([Si](c3ccccc3)(c3ccccc3)c3ccccc3)ccc1N2c1ccc([Si](c2ccccc2)(c2ccccc2)c2ccccc2)cc1. The molecule has 2 aliphatic heterocycles. The molecule has 0 spiro atoms. The van der Waals surface area contributed by atoms with E-state index in [1.807, 2.05) is 0 Å². The van der Waals surface area contributed by atoms with E-state index >= 15 is 0 Å². The van der Waals surface area contributed by atoms with Crippen LogP contribution in [0.1, 0.15) is 52.7 Å². The standard InChI is InChI=1S/C92H76BN3Si2/c1-91(2,3)66-50-57-84-80(60-66)81-61-67(92(4,5)6)51-58-85(81)95(84)70-62-87-89-88(63-70)96(68-34-17-8-18-35-68)90-79(65-32-15-7-16-33-65)48-31-49-82(90)93(89)83-64-78(98(74-42-25-12-26-43-74,75-44-27-13-28-45-75)76-46-29-14-30-47-76)56-59-86(83)94(87)69-52-54-77(55-53-69)97(71-36-19-9-20-37-71,72-38-21-10-22-39-72)73-40-23-11-24-41-73/h7-64H,1-6H3. The van der Waals surface area contributed by atoms with Crippen molar-refractivity contribution in [3.8, 4) is 16.8 Å². The van der Waals surface area contributed by atoms with E-state index in [0.29, 0.717) is 0 Å². The number of fused-ring (bicyclic) bond motifs is 7. The van der Waals surface area contributed by atoms with Crippen molar-refractivity contribution >= 4 is 137 Å². The Bertz CT molecular complexity index is 5180. The molecule has 0 N–H and O–H groups in total. The maximum Gasteiger partial charge on any atom is 0.252 e. The first-order valence-electron chi connectivity index (χ1n) is 34.6. The fourth-order valence-electron chi connectivity index (χ4n) is 16.6. The molecule has 0 fully saturated rings. The van der Waals surface area contributed by atoms with Gasteiger partial charge in [-0.3, -0.25) is 0 Å². The second kappa shape index (κ2) is 24.0. The Morgan fingerprint density at radius 1 is 0.276 bits per heavy atom. The summed E-state index contributed by atoms with van der Waals surface area (Å²) in [5, 5.41) is 13.2. The molecule has 0 unspecified atom stereocenters. The summed E-state index contributed by atoms with van der Waals surface area (Å²) in [6, 6.07) is 135. The molecule has 14 aromatic carbocycles. The molecule has 0 aliphatic carbocycles. The minimum Gasteiger partial charge on any atom is -0.311 e. The fourth-order valence-corrected chi connectivity index (χ4v) is 26.1. The lowest BCUT2D eigenvalue weighted by molar-refractivity contribution is 0.590. The molecular weight excluding hydrogens is 1210 g/mol. The van der Waals surface area contributed by atoms with Gasteiger partial charge in [-0.1, -0.05) is 327 Å². The summed E-state index contributed by atoms with van der Waals surface area (Å²) in [6.07, 6.45) is 0. The highest BCUT2D eigenvalue weighted by atomic mass is 28.3. The van der Waals surface area contributed by atoms with Crippen LogP contribution in [0, 0.1) is 0 Å². The van der Waals surface area contributed by atoms with Crippen LogP contribution < -0.4 is 67.7 Å². The predicted molar refractivity (Wildman–Crippen MR) is 425 cm³/mol. The molecular formula is C92H76BN3Si2. The molecule has 470 valence electrons. The van der Waals surface area contributed by atoms with Crippen LogP contribution in [-0.2, 0) is 10.8 Å². The van der Waals surface area contributed by atoms with E-state index in [-0.39, 0.29) is 17.5 Å². The van der Waals surface area contributed by atoms with E-state index in [0.717, 1.165) is 34.1 Å². The summed E-state index contributed by atoms with van der Waals surface area (Å²) in [5.74, 6) is 0. The van der Waals surface area contributed by atoms with Crippen LogP contribution in [0.15, 0.2) is 352 Å². The second-order valence-corrected chi connectivity index (χ2v) is 36.4. The Hall–Kier alpha value is -11.0. The maximum absolute atomic E-state index is 3.09. The van der Waals surface area contributed by atoms with Crippen LogP contribution in [0.4, 0.5) is 34.1 Å². The molecule has 1 aromatic heterocycles. The summed E-state index contributed by atoms with van der Waals surface area (Å²) in [7, 11) is -6.02. The molecule has 3 nitrogen and oxygen atoms in total. The van der Waals surface area contributed by atoms with Crippen molar-refractivity contribution in [3.63, 3.8) is 0 Å². The van der Waals surface area contributed by atoms with E-state index in [1.165, 1.54) is 108 Å². The molecule has 0 saturated carbocycles. The van der Waals surface area contributed by atoms with Gasteiger partial charge in [-0.05, 0) is 152 Å². The average Bonchev–Trinajstić information content (AvgIpc) is 0.766. The van der Waals surface area contributed by atoms with Gasteiger partial charge in [0.15, 0.2) is 16.1 Å². The molecule has 3 heterocycles. The third kappa shape index (κ3) is 9.75. The molecule has 0 saturated heterocycles. The zero-order valence-electron chi connectivity index (χ0n) is 56.4. The summed E-state index contributed by atoms with van der Waals surface area (Å²) in [6.45, 7) is 13.8. The molecule has 98 heavy (non-hydrogen) atoms. The number of aromatic nitrogens is 1. The third-order valence-electron chi connectivity index (χ3n) is 21.2. The Morgan fingerprint density at radius 3 is 1.09 bits per heavy atom. The van der Waals surface area contributed by atoms with Crippen molar-refractivity contribution in [2.75, 3.05) is 9.80 Å². The average molecular weight is 1290 g/mol. The molecule has 0 atom stereocenters. The van der Waals surface area contributed by atoms with Gasteiger partial charge in [0, 0.05) is 50.5 Å². The van der Waals surface area contributed by atoms with Crippen LogP contribution >= 0.6 is 0 Å². The number of benzene rings is 14. The van der Waals surface area contributed by atoms with Gasteiger partial charge in [-0.15, -0.1) is 0 Å². The summed E-state index contributed by atoms with van der Waals surface area (Å²) >= 11 is 0. The van der Waals surface area contributed by atoms with Gasteiger partial charge in [-0.25, -0.2) is 0 Å². The van der Waals surface area contributed by atoms with Gasteiger partial charge in [-0.2, -0.15) is 0 Å². The van der Waals surface area contributed by atoms with Crippen LogP contribution in [0.5, 0.6) is 0 Å². The van der Waals surface area contributed by atoms with Gasteiger partial charge in [0.05, 0.1) is 16.7 Å². The Labute approximate surface area is 579 Å². The number of hydrogen-bond donors (Lipinski definition) is 0. The second-order valence-electron chi connectivity index (χ2n) is 28.8. The lowest BCUT2D eigenvalue weighted by Crippen LogP contribution is -2.75. The molecule has 15 aromatic rings. The van der Waals surface area contributed by atoms with Gasteiger partial charge < -0.3 is 14.4 Å². The lowest BCUT2D eigenvalue weighted by atomic mass is 9.33. The van der Waals surface area contributed by atoms with Gasteiger partial charge >= 0.3 is 0 Å². The van der Waals surface area contributed by atoms with Gasteiger partial charge in [0.1, 0.15) is 0 Å². The van der Waals surface area contributed by atoms with Crippen LogP contribution in [0.25, 0.3) is 38.6 Å². The summed E-state index contributed by atoms with van der Waals surface area (Å²) < 4.78 is 2.58. The van der Waals surface area contributed by atoms with Crippen LogP contribution in [-0.4, -0.2) is 27.4 Å². The zero-order chi connectivity index (χ0) is 66.3. The Balaban J connectivity index is 1.02. The third-order valence-corrected chi connectivity index (χ3v) is 30.7. The number of hydrogen-bond acceptors (Lipinski definition) is 2. The van der Waals surface area contributed by atoms with Crippen molar-refractivity contribution in [2.45, 2.75) is 52.4 Å². The van der Waals surface area contributed by atoms with Crippen LogP contribution in [0.2, 0.25) is 0 Å². The van der Waals surface area contributed by atoms with Crippen molar-refractivity contribution in [3.05, 3.63) is 363 Å². The Kier molecular flexibility index (Phi) is 14.8. The summed E-state index contributed by atoms with van der Waals surface area (Å²) in [5.41, 5.74) is 19.0. The first-order chi connectivity index (χ1) is 47.9. The van der Waals surface area contributed by atoms with Crippen molar-refractivity contribution in [2.24, 2.45) is 0 Å². The van der Waals surface area contributed by atoms with Crippen LogP contribution in [0.3, 0.4) is 0 Å².